The van der Waals surface area contributed by atoms with E-state index in [0.29, 0.717) is 5.57 Å². The third-order valence-corrected chi connectivity index (χ3v) is 2.83. The molecule has 1 saturated heterocycles. The van der Waals surface area contributed by atoms with Gasteiger partial charge in [0.1, 0.15) is 0 Å². The van der Waals surface area contributed by atoms with E-state index in [9.17, 15) is 0 Å². The molecule has 1 fully saturated rings. The average Bonchev–Trinajstić information content (AvgIpc) is 2.20. The van der Waals surface area contributed by atoms with Crippen LogP contribution in [0.3, 0.4) is 0 Å². The molecular weight excluding hydrogens is 177 g/mol. The summed E-state index contributed by atoms with van der Waals surface area (Å²) in [5.74, 6) is 1.70. The topological polar surface area (TPSA) is 42.2 Å². The van der Waals surface area contributed by atoms with Crippen LogP contribution < -0.4 is 0 Å². The largest absolute Gasteiger partial charge is 0.488 e. The normalized spacial score (nSPS) is 24.9. The molecule has 0 amide bonds. The zero-order valence-corrected chi connectivity index (χ0v) is 9.42. The van der Waals surface area contributed by atoms with E-state index in [4.69, 9.17) is 14.6 Å². The van der Waals surface area contributed by atoms with Crippen molar-refractivity contribution in [3.8, 4) is 6.07 Å². The lowest BCUT2D eigenvalue weighted by Crippen LogP contribution is -2.41. The number of nitriles is 1. The van der Waals surface area contributed by atoms with Crippen molar-refractivity contribution in [1.29, 1.82) is 5.26 Å². The van der Waals surface area contributed by atoms with E-state index in [1.807, 2.05) is 33.8 Å². The Bertz CT molecular complexity index is 286. The monoisotopic (exact) mass is 193 g/mol. The van der Waals surface area contributed by atoms with Crippen molar-refractivity contribution in [2.24, 2.45) is 0 Å². The third kappa shape index (κ3) is 2.00. The first-order chi connectivity index (χ1) is 6.28. The molecule has 0 bridgehead atoms. The molecule has 0 saturated carbocycles. The van der Waals surface area contributed by atoms with Crippen molar-refractivity contribution in [1.82, 2.24) is 0 Å². The average molecular weight is 193 g/mol. The van der Waals surface area contributed by atoms with Crippen molar-refractivity contribution in [3.63, 3.8) is 0 Å². The number of hydrogen-bond acceptors (Lipinski definition) is 3. The van der Waals surface area contributed by atoms with Gasteiger partial charge in [0, 0.05) is 5.57 Å². The molecule has 14 heavy (non-hydrogen) atoms. The lowest BCUT2D eigenvalue weighted by atomic mass is 9.88. The molecule has 0 N–H and O–H groups in total. The van der Waals surface area contributed by atoms with E-state index in [-0.39, 0.29) is 11.2 Å². The standard InChI is InChI=1S/C10H16BNO2/c1-8(7-12)6-11-13-9(2,3)10(4,5)14-11/h6H,1-5H3/b8-6-. The third-order valence-electron chi connectivity index (χ3n) is 2.83. The van der Waals surface area contributed by atoms with Gasteiger partial charge in [-0.05, 0) is 40.6 Å². The maximum Gasteiger partial charge on any atom is 0.488 e. The molecule has 0 aromatic rings. The van der Waals surface area contributed by atoms with Gasteiger partial charge in [0.2, 0.25) is 0 Å². The SMILES string of the molecule is C/C(C#N)=C/B1OC(C)(C)C(C)(C)O1. The molecule has 3 nitrogen and oxygen atoms in total. The molecule has 0 spiro atoms. The van der Waals surface area contributed by atoms with Crippen LogP contribution in [0.4, 0.5) is 0 Å². The Labute approximate surface area is 85.8 Å². The van der Waals surface area contributed by atoms with E-state index in [0.717, 1.165) is 0 Å². The van der Waals surface area contributed by atoms with E-state index in [1.54, 1.807) is 12.9 Å². The van der Waals surface area contributed by atoms with E-state index in [2.05, 4.69) is 0 Å². The molecule has 0 aliphatic carbocycles. The summed E-state index contributed by atoms with van der Waals surface area (Å²) in [6.07, 6.45) is 0. The minimum atomic E-state index is -0.403. The van der Waals surface area contributed by atoms with E-state index >= 15 is 0 Å². The lowest BCUT2D eigenvalue weighted by molar-refractivity contribution is 0.00578. The molecule has 1 heterocycles. The highest BCUT2D eigenvalue weighted by atomic mass is 16.7. The van der Waals surface area contributed by atoms with Crippen LogP contribution in [0.5, 0.6) is 0 Å². The first kappa shape index (κ1) is 11.3. The molecule has 76 valence electrons. The van der Waals surface area contributed by atoms with Gasteiger partial charge in [0.05, 0.1) is 17.3 Å². The summed E-state index contributed by atoms with van der Waals surface area (Å²) in [4.78, 5) is 0. The summed E-state index contributed by atoms with van der Waals surface area (Å²) >= 11 is 0. The molecule has 0 aromatic heterocycles. The Morgan fingerprint density at radius 3 is 2.00 bits per heavy atom. The van der Waals surface area contributed by atoms with Crippen LogP contribution in [0.25, 0.3) is 0 Å². The number of rotatable bonds is 1. The van der Waals surface area contributed by atoms with Crippen LogP contribution in [-0.2, 0) is 9.31 Å². The molecule has 4 heteroatoms. The predicted octanol–water partition coefficient (Wildman–Crippen LogP) is 2.09. The van der Waals surface area contributed by atoms with Crippen molar-refractivity contribution in [3.05, 3.63) is 11.5 Å². The summed E-state index contributed by atoms with van der Waals surface area (Å²) in [5, 5.41) is 8.63. The lowest BCUT2D eigenvalue weighted by Gasteiger charge is -2.32. The van der Waals surface area contributed by atoms with Gasteiger partial charge >= 0.3 is 7.12 Å². The molecule has 1 aliphatic rings. The second-order valence-electron chi connectivity index (χ2n) is 4.59. The zero-order chi connectivity index (χ0) is 11.0. The Balaban J connectivity index is 2.80. The van der Waals surface area contributed by atoms with E-state index < -0.39 is 7.12 Å². The Morgan fingerprint density at radius 1 is 1.21 bits per heavy atom. The molecule has 0 unspecified atom stereocenters. The first-order valence-corrected chi connectivity index (χ1v) is 4.73. The Hall–Kier alpha value is -0.785. The Morgan fingerprint density at radius 2 is 1.64 bits per heavy atom. The van der Waals surface area contributed by atoms with Crippen molar-refractivity contribution in [2.45, 2.75) is 45.8 Å². The highest BCUT2D eigenvalue weighted by molar-refractivity contribution is 6.51. The molecule has 1 rings (SSSR count). The van der Waals surface area contributed by atoms with Crippen LogP contribution in [0.2, 0.25) is 0 Å². The van der Waals surface area contributed by atoms with Gasteiger partial charge in [-0.1, -0.05) is 0 Å². The van der Waals surface area contributed by atoms with Crippen LogP contribution in [0, 0.1) is 11.3 Å². The number of hydrogen-bond donors (Lipinski definition) is 0. The molecule has 0 atom stereocenters. The van der Waals surface area contributed by atoms with Gasteiger partial charge in [0.25, 0.3) is 0 Å². The van der Waals surface area contributed by atoms with Gasteiger partial charge in [-0.15, -0.1) is 0 Å². The van der Waals surface area contributed by atoms with Gasteiger partial charge in [-0.2, -0.15) is 5.26 Å². The number of nitrogens with zero attached hydrogens (tertiary/aromatic N) is 1. The van der Waals surface area contributed by atoms with Crippen molar-refractivity contribution < 1.29 is 9.31 Å². The molecular formula is C10H16BNO2. The van der Waals surface area contributed by atoms with Crippen molar-refractivity contribution >= 4 is 7.12 Å². The van der Waals surface area contributed by atoms with E-state index in [1.165, 1.54) is 0 Å². The highest BCUT2D eigenvalue weighted by Crippen LogP contribution is 2.37. The maximum atomic E-state index is 8.63. The van der Waals surface area contributed by atoms with Gasteiger partial charge < -0.3 is 9.31 Å². The molecule has 0 aromatic carbocycles. The highest BCUT2D eigenvalue weighted by Gasteiger charge is 2.50. The summed E-state index contributed by atoms with van der Waals surface area (Å²) in [6.45, 7) is 9.70. The van der Waals surface area contributed by atoms with Crippen LogP contribution in [-0.4, -0.2) is 18.3 Å². The minimum absolute atomic E-state index is 0.329. The smallest absolute Gasteiger partial charge is 0.400 e. The maximum absolute atomic E-state index is 8.63. The molecule has 1 aliphatic heterocycles. The van der Waals surface area contributed by atoms with Gasteiger partial charge in [-0.3, -0.25) is 0 Å². The van der Waals surface area contributed by atoms with Gasteiger partial charge in [0.15, 0.2) is 0 Å². The fourth-order valence-electron chi connectivity index (χ4n) is 1.20. The summed E-state index contributed by atoms with van der Waals surface area (Å²) in [7, 11) is -0.403. The van der Waals surface area contributed by atoms with Crippen molar-refractivity contribution in [2.75, 3.05) is 0 Å². The van der Waals surface area contributed by atoms with Gasteiger partial charge in [-0.25, -0.2) is 0 Å². The second kappa shape index (κ2) is 3.41. The first-order valence-electron chi connectivity index (χ1n) is 4.73. The summed E-state index contributed by atoms with van der Waals surface area (Å²) in [6, 6.07) is 2.05. The summed E-state index contributed by atoms with van der Waals surface area (Å²) < 4.78 is 11.4. The van der Waals surface area contributed by atoms with Crippen LogP contribution >= 0.6 is 0 Å². The summed E-state index contributed by atoms with van der Waals surface area (Å²) in [5.41, 5.74) is -0.0446. The predicted molar refractivity (Wildman–Crippen MR) is 55.5 cm³/mol. The number of allylic oxidation sites excluding steroid dienone is 1. The zero-order valence-electron chi connectivity index (χ0n) is 9.42. The second-order valence-corrected chi connectivity index (χ2v) is 4.59. The molecule has 0 radical (unpaired) electrons. The minimum Gasteiger partial charge on any atom is -0.400 e. The quantitative estimate of drug-likeness (QED) is 0.473. The van der Waals surface area contributed by atoms with Crippen LogP contribution in [0.15, 0.2) is 11.5 Å². The fraction of sp³-hybridized carbons (Fsp3) is 0.700. The van der Waals surface area contributed by atoms with Crippen LogP contribution in [0.1, 0.15) is 34.6 Å². The Kier molecular flexibility index (Phi) is 2.75. The fourth-order valence-corrected chi connectivity index (χ4v) is 1.20.